The molecule has 0 unspecified atom stereocenters. The minimum Gasteiger partial charge on any atom is -0.325 e. The van der Waals surface area contributed by atoms with Gasteiger partial charge in [-0.05, 0) is 49.4 Å². The fraction of sp³-hybridized carbons (Fsp3) is 0.357. The van der Waals surface area contributed by atoms with Gasteiger partial charge in [-0.3, -0.25) is 0 Å². The van der Waals surface area contributed by atoms with Gasteiger partial charge in [-0.2, -0.15) is 5.10 Å². The molecule has 0 radical (unpaired) electrons. The molecule has 1 aliphatic carbocycles. The van der Waals surface area contributed by atoms with Crippen LogP contribution in [0.3, 0.4) is 0 Å². The Morgan fingerprint density at radius 1 is 1.35 bits per heavy atom. The van der Waals surface area contributed by atoms with Gasteiger partial charge in [0.25, 0.3) is 0 Å². The lowest BCUT2D eigenvalue weighted by atomic mass is 10.2. The van der Waals surface area contributed by atoms with Gasteiger partial charge in [-0.15, -0.1) is 0 Å². The van der Waals surface area contributed by atoms with Crippen LogP contribution in [0, 0.1) is 6.92 Å². The molecule has 0 bridgehead atoms. The van der Waals surface area contributed by atoms with Crippen LogP contribution in [0.25, 0.3) is 5.69 Å². The van der Waals surface area contributed by atoms with E-state index in [-0.39, 0.29) is 0 Å². The van der Waals surface area contributed by atoms with Crippen molar-refractivity contribution in [3.8, 4) is 5.69 Å². The quantitative estimate of drug-likeness (QED) is 0.854. The molecule has 3 heteroatoms. The van der Waals surface area contributed by atoms with Crippen molar-refractivity contribution in [2.24, 2.45) is 5.73 Å². The number of rotatable bonds is 2. The minimum atomic E-state index is 0.566. The Labute approximate surface area is 101 Å². The fourth-order valence-corrected chi connectivity index (χ4v) is 2.64. The molecule has 0 amide bonds. The Hall–Kier alpha value is -1.61. The molecule has 0 saturated heterocycles. The summed E-state index contributed by atoms with van der Waals surface area (Å²) in [7, 11) is 0. The number of aromatic nitrogens is 2. The Morgan fingerprint density at radius 2 is 2.24 bits per heavy atom. The van der Waals surface area contributed by atoms with Crippen molar-refractivity contribution in [1.82, 2.24) is 9.78 Å². The molecule has 0 atom stereocenters. The average molecular weight is 227 g/mol. The zero-order valence-electron chi connectivity index (χ0n) is 10.1. The van der Waals surface area contributed by atoms with Crippen LogP contribution in [-0.2, 0) is 19.4 Å². The molecule has 1 aliphatic rings. The van der Waals surface area contributed by atoms with Crippen LogP contribution in [0.4, 0.5) is 0 Å². The van der Waals surface area contributed by atoms with Crippen LogP contribution >= 0.6 is 0 Å². The van der Waals surface area contributed by atoms with E-state index in [1.165, 1.54) is 28.9 Å². The first-order valence-electron chi connectivity index (χ1n) is 6.16. The van der Waals surface area contributed by atoms with Gasteiger partial charge < -0.3 is 5.73 Å². The van der Waals surface area contributed by atoms with Gasteiger partial charge in [-0.25, -0.2) is 4.68 Å². The van der Waals surface area contributed by atoms with E-state index in [4.69, 9.17) is 10.8 Å². The molecule has 0 fully saturated rings. The molecule has 0 spiro atoms. The van der Waals surface area contributed by atoms with Gasteiger partial charge in [-0.1, -0.05) is 12.1 Å². The summed E-state index contributed by atoms with van der Waals surface area (Å²) >= 11 is 0. The standard InChI is InChI=1S/C14H17N3/c1-10-4-2-5-11(8-10)17-14(9-15)12-6-3-7-13(12)16-17/h2,4-5,8H,3,6-7,9,15H2,1H3. The Morgan fingerprint density at radius 3 is 3.00 bits per heavy atom. The molecular formula is C14H17N3. The SMILES string of the molecule is Cc1cccc(-n2nc3c(c2CN)CCC3)c1. The molecule has 17 heavy (non-hydrogen) atoms. The van der Waals surface area contributed by atoms with Crippen molar-refractivity contribution < 1.29 is 0 Å². The number of hydrogen-bond donors (Lipinski definition) is 1. The summed E-state index contributed by atoms with van der Waals surface area (Å²) in [5.41, 5.74) is 12.1. The van der Waals surface area contributed by atoms with Gasteiger partial charge in [0.15, 0.2) is 0 Å². The molecule has 1 aromatic heterocycles. The molecular weight excluding hydrogens is 210 g/mol. The summed E-state index contributed by atoms with van der Waals surface area (Å²) in [5.74, 6) is 0. The molecule has 2 N–H and O–H groups in total. The lowest BCUT2D eigenvalue weighted by Crippen LogP contribution is -2.09. The zero-order valence-corrected chi connectivity index (χ0v) is 10.1. The van der Waals surface area contributed by atoms with E-state index in [0.717, 1.165) is 18.5 Å². The number of benzene rings is 1. The Balaban J connectivity index is 2.15. The van der Waals surface area contributed by atoms with Gasteiger partial charge in [0.05, 0.1) is 17.1 Å². The molecule has 0 aliphatic heterocycles. The lowest BCUT2D eigenvalue weighted by Gasteiger charge is -2.08. The van der Waals surface area contributed by atoms with Crippen LogP contribution in [-0.4, -0.2) is 9.78 Å². The van der Waals surface area contributed by atoms with E-state index in [2.05, 4.69) is 31.2 Å². The maximum atomic E-state index is 5.88. The zero-order chi connectivity index (χ0) is 11.8. The number of aryl methyl sites for hydroxylation is 2. The van der Waals surface area contributed by atoms with Crippen LogP contribution in [0.1, 0.15) is 28.9 Å². The molecule has 1 aromatic carbocycles. The predicted molar refractivity (Wildman–Crippen MR) is 68.2 cm³/mol. The van der Waals surface area contributed by atoms with E-state index < -0.39 is 0 Å². The molecule has 88 valence electrons. The smallest absolute Gasteiger partial charge is 0.0664 e. The summed E-state index contributed by atoms with van der Waals surface area (Å²) in [6.45, 7) is 2.67. The second kappa shape index (κ2) is 4.00. The largest absolute Gasteiger partial charge is 0.325 e. The molecule has 2 aromatic rings. The number of nitrogens with zero attached hydrogens (tertiary/aromatic N) is 2. The summed E-state index contributed by atoms with van der Waals surface area (Å²) in [5, 5.41) is 4.71. The maximum Gasteiger partial charge on any atom is 0.0664 e. The van der Waals surface area contributed by atoms with Crippen molar-refractivity contribution in [1.29, 1.82) is 0 Å². The monoisotopic (exact) mass is 227 g/mol. The van der Waals surface area contributed by atoms with Crippen LogP contribution in [0.5, 0.6) is 0 Å². The molecule has 0 saturated carbocycles. The predicted octanol–water partition coefficient (Wildman–Crippen LogP) is 2.13. The van der Waals surface area contributed by atoms with E-state index in [1.807, 2.05) is 4.68 Å². The lowest BCUT2D eigenvalue weighted by molar-refractivity contribution is 0.752. The second-order valence-corrected chi connectivity index (χ2v) is 4.68. The van der Waals surface area contributed by atoms with Crippen LogP contribution in [0.2, 0.25) is 0 Å². The van der Waals surface area contributed by atoms with Crippen molar-refractivity contribution in [3.05, 3.63) is 46.8 Å². The van der Waals surface area contributed by atoms with Crippen molar-refractivity contribution in [2.45, 2.75) is 32.7 Å². The van der Waals surface area contributed by atoms with Crippen molar-refractivity contribution in [2.75, 3.05) is 0 Å². The molecule has 3 nitrogen and oxygen atoms in total. The van der Waals surface area contributed by atoms with Gasteiger partial charge in [0, 0.05) is 6.54 Å². The Kier molecular flexibility index (Phi) is 2.48. The minimum absolute atomic E-state index is 0.566. The van der Waals surface area contributed by atoms with Crippen LogP contribution < -0.4 is 5.73 Å². The highest BCUT2D eigenvalue weighted by atomic mass is 15.3. The molecule has 3 rings (SSSR count). The maximum absolute atomic E-state index is 5.88. The number of nitrogens with two attached hydrogens (primary N) is 1. The van der Waals surface area contributed by atoms with E-state index >= 15 is 0 Å². The molecule has 1 heterocycles. The van der Waals surface area contributed by atoms with Gasteiger partial charge in [0.1, 0.15) is 0 Å². The average Bonchev–Trinajstić information content (AvgIpc) is 2.88. The third kappa shape index (κ3) is 1.67. The summed E-state index contributed by atoms with van der Waals surface area (Å²) in [6, 6.07) is 8.41. The normalized spacial score (nSPS) is 14.0. The summed E-state index contributed by atoms with van der Waals surface area (Å²) in [6.07, 6.45) is 3.45. The highest BCUT2D eigenvalue weighted by molar-refractivity contribution is 5.41. The van der Waals surface area contributed by atoms with Crippen molar-refractivity contribution in [3.63, 3.8) is 0 Å². The van der Waals surface area contributed by atoms with Crippen LogP contribution in [0.15, 0.2) is 24.3 Å². The fourth-order valence-electron chi connectivity index (χ4n) is 2.64. The Bertz CT molecular complexity index is 555. The second-order valence-electron chi connectivity index (χ2n) is 4.68. The topological polar surface area (TPSA) is 43.8 Å². The third-order valence-corrected chi connectivity index (χ3v) is 3.45. The summed E-state index contributed by atoms with van der Waals surface area (Å²) in [4.78, 5) is 0. The number of hydrogen-bond acceptors (Lipinski definition) is 2. The van der Waals surface area contributed by atoms with Gasteiger partial charge in [0.2, 0.25) is 0 Å². The van der Waals surface area contributed by atoms with Crippen molar-refractivity contribution >= 4 is 0 Å². The first kappa shape index (κ1) is 10.5. The highest BCUT2D eigenvalue weighted by Gasteiger charge is 2.21. The van der Waals surface area contributed by atoms with E-state index in [9.17, 15) is 0 Å². The highest BCUT2D eigenvalue weighted by Crippen LogP contribution is 2.26. The summed E-state index contributed by atoms with van der Waals surface area (Å²) < 4.78 is 2.02. The first-order valence-corrected chi connectivity index (χ1v) is 6.16. The number of fused-ring (bicyclic) bond motifs is 1. The van der Waals surface area contributed by atoms with E-state index in [1.54, 1.807) is 0 Å². The van der Waals surface area contributed by atoms with E-state index in [0.29, 0.717) is 6.54 Å². The van der Waals surface area contributed by atoms with Gasteiger partial charge >= 0.3 is 0 Å². The first-order chi connectivity index (χ1) is 8.29. The third-order valence-electron chi connectivity index (χ3n) is 3.45.